The number of anilines is 1. The van der Waals surface area contributed by atoms with Gasteiger partial charge in [0.1, 0.15) is 5.84 Å². The zero-order chi connectivity index (χ0) is 20.1. The van der Waals surface area contributed by atoms with Gasteiger partial charge >= 0.3 is 11.9 Å². The third kappa shape index (κ3) is 5.07. The predicted octanol–water partition coefficient (Wildman–Crippen LogP) is 2.84. The van der Waals surface area contributed by atoms with Gasteiger partial charge in [-0.2, -0.15) is 0 Å². The van der Waals surface area contributed by atoms with Crippen LogP contribution in [0.2, 0.25) is 0 Å². The van der Waals surface area contributed by atoms with Gasteiger partial charge in [-0.05, 0) is 66.8 Å². The van der Waals surface area contributed by atoms with Gasteiger partial charge in [-0.15, -0.1) is 0 Å². The number of hydrogen-bond donors (Lipinski definition) is 5. The molecule has 0 radical (unpaired) electrons. The summed E-state index contributed by atoms with van der Waals surface area (Å²) in [5.74, 6) is -2.06. The van der Waals surface area contributed by atoms with Crippen molar-refractivity contribution in [3.8, 4) is 0 Å². The van der Waals surface area contributed by atoms with E-state index in [0.717, 1.165) is 11.1 Å². The van der Waals surface area contributed by atoms with Crippen molar-refractivity contribution >= 4 is 23.5 Å². The van der Waals surface area contributed by atoms with Crippen LogP contribution < -0.4 is 11.1 Å². The molecule has 0 amide bonds. The average molecular weight is 369 g/mol. The van der Waals surface area contributed by atoms with Gasteiger partial charge in [0.25, 0.3) is 0 Å². The lowest BCUT2D eigenvalue weighted by atomic mass is 9.92. The SMILES string of the molecule is Cc1cc(CCC(=O)O)c(C(Nc2ccc(C(=N)N)cc2)C(=O)O)cc1C. The normalized spacial score (nSPS) is 11.6. The number of hydrogen-bond acceptors (Lipinski definition) is 4. The molecule has 7 nitrogen and oxygen atoms in total. The Hall–Kier alpha value is -3.35. The molecule has 0 aliphatic rings. The van der Waals surface area contributed by atoms with Gasteiger partial charge in [0, 0.05) is 17.7 Å². The number of aryl methyl sites for hydroxylation is 3. The highest BCUT2D eigenvalue weighted by Gasteiger charge is 2.23. The Morgan fingerprint density at radius 2 is 1.70 bits per heavy atom. The summed E-state index contributed by atoms with van der Waals surface area (Å²) in [6, 6.07) is 9.20. The molecule has 0 saturated carbocycles. The van der Waals surface area contributed by atoms with Crippen molar-refractivity contribution in [3.05, 3.63) is 64.2 Å². The van der Waals surface area contributed by atoms with Gasteiger partial charge in [-0.3, -0.25) is 10.2 Å². The second-order valence-corrected chi connectivity index (χ2v) is 6.44. The van der Waals surface area contributed by atoms with Gasteiger partial charge < -0.3 is 21.3 Å². The van der Waals surface area contributed by atoms with E-state index in [1.54, 1.807) is 30.3 Å². The minimum absolute atomic E-state index is 0.0681. The quantitative estimate of drug-likeness (QED) is 0.358. The minimum atomic E-state index is -1.06. The number of carbonyl (C=O) groups is 2. The molecule has 2 rings (SSSR count). The summed E-state index contributed by atoms with van der Waals surface area (Å²) in [7, 11) is 0. The van der Waals surface area contributed by atoms with Gasteiger partial charge in [0.15, 0.2) is 6.04 Å². The number of nitrogens with two attached hydrogens (primary N) is 1. The maximum absolute atomic E-state index is 11.9. The fourth-order valence-electron chi connectivity index (χ4n) is 2.81. The van der Waals surface area contributed by atoms with Crippen molar-refractivity contribution in [2.45, 2.75) is 32.7 Å². The molecule has 7 heteroatoms. The summed E-state index contributed by atoms with van der Waals surface area (Å²) in [6.45, 7) is 3.80. The van der Waals surface area contributed by atoms with Crippen molar-refractivity contribution in [2.75, 3.05) is 5.32 Å². The number of benzene rings is 2. The molecular weight excluding hydrogens is 346 g/mol. The van der Waals surface area contributed by atoms with Crippen molar-refractivity contribution in [1.29, 1.82) is 5.41 Å². The first-order valence-corrected chi connectivity index (χ1v) is 8.44. The fourth-order valence-corrected chi connectivity index (χ4v) is 2.81. The van der Waals surface area contributed by atoms with Gasteiger partial charge in [0.05, 0.1) is 0 Å². The first-order valence-electron chi connectivity index (χ1n) is 8.44. The van der Waals surface area contributed by atoms with Crippen LogP contribution in [-0.4, -0.2) is 28.0 Å². The first-order chi connectivity index (χ1) is 12.7. The van der Waals surface area contributed by atoms with Crippen molar-refractivity contribution in [3.63, 3.8) is 0 Å². The summed E-state index contributed by atoms with van der Waals surface area (Å²) in [6.07, 6.45) is 0.176. The van der Waals surface area contributed by atoms with E-state index in [-0.39, 0.29) is 18.7 Å². The van der Waals surface area contributed by atoms with Gasteiger partial charge in [0.2, 0.25) is 0 Å². The molecule has 1 atom stereocenters. The predicted molar refractivity (Wildman–Crippen MR) is 103 cm³/mol. The lowest BCUT2D eigenvalue weighted by Crippen LogP contribution is -2.22. The Bertz CT molecular complexity index is 876. The Balaban J connectivity index is 2.40. The molecule has 0 heterocycles. The summed E-state index contributed by atoms with van der Waals surface area (Å²) in [4.78, 5) is 22.9. The fraction of sp³-hybridized carbons (Fsp3) is 0.250. The number of amidine groups is 1. The van der Waals surface area contributed by atoms with Crippen LogP contribution in [0.4, 0.5) is 5.69 Å². The standard InChI is InChI=1S/C20H23N3O4/c1-11-9-14(5-8-17(24)25)16(10-12(11)2)18(20(26)27)23-15-6-3-13(4-7-15)19(21)22/h3-4,6-7,9-10,18,23H,5,8H2,1-2H3,(H3,21,22)(H,24,25)(H,26,27). The topological polar surface area (TPSA) is 136 Å². The monoisotopic (exact) mass is 369 g/mol. The molecule has 0 spiro atoms. The molecule has 0 fully saturated rings. The first kappa shape index (κ1) is 20.0. The minimum Gasteiger partial charge on any atom is -0.481 e. The van der Waals surface area contributed by atoms with E-state index in [2.05, 4.69) is 5.32 Å². The second-order valence-electron chi connectivity index (χ2n) is 6.44. The number of rotatable bonds is 8. The van der Waals surface area contributed by atoms with Crippen LogP contribution in [0.25, 0.3) is 0 Å². The average Bonchev–Trinajstić information content (AvgIpc) is 2.60. The summed E-state index contributed by atoms with van der Waals surface area (Å²) < 4.78 is 0. The van der Waals surface area contributed by atoms with E-state index >= 15 is 0 Å². The Morgan fingerprint density at radius 3 is 2.22 bits per heavy atom. The maximum Gasteiger partial charge on any atom is 0.330 e. The highest BCUT2D eigenvalue weighted by molar-refractivity contribution is 5.95. The molecule has 0 aliphatic heterocycles. The number of nitrogens with one attached hydrogen (secondary N) is 2. The summed E-state index contributed by atoms with van der Waals surface area (Å²) in [5, 5.41) is 29.1. The summed E-state index contributed by atoms with van der Waals surface area (Å²) >= 11 is 0. The van der Waals surface area contributed by atoms with Crippen LogP contribution in [-0.2, 0) is 16.0 Å². The molecule has 0 aliphatic carbocycles. The molecule has 142 valence electrons. The molecule has 27 heavy (non-hydrogen) atoms. The number of aliphatic carboxylic acids is 2. The van der Waals surface area contributed by atoms with E-state index in [4.69, 9.17) is 16.2 Å². The van der Waals surface area contributed by atoms with Gasteiger partial charge in [-0.25, -0.2) is 4.79 Å². The van der Waals surface area contributed by atoms with Crippen molar-refractivity contribution in [1.82, 2.24) is 0 Å². The smallest absolute Gasteiger partial charge is 0.330 e. The van der Waals surface area contributed by atoms with Crippen LogP contribution in [0, 0.1) is 19.3 Å². The Labute approximate surface area is 157 Å². The van der Waals surface area contributed by atoms with Crippen LogP contribution in [0.3, 0.4) is 0 Å². The van der Waals surface area contributed by atoms with Crippen molar-refractivity contribution in [2.24, 2.45) is 5.73 Å². The molecule has 2 aromatic carbocycles. The highest BCUT2D eigenvalue weighted by atomic mass is 16.4. The molecule has 0 bridgehead atoms. The van der Waals surface area contributed by atoms with E-state index in [9.17, 15) is 14.7 Å². The second kappa shape index (κ2) is 8.35. The van der Waals surface area contributed by atoms with E-state index in [0.29, 0.717) is 22.4 Å². The third-order valence-corrected chi connectivity index (χ3v) is 4.43. The summed E-state index contributed by atoms with van der Waals surface area (Å²) in [5.41, 5.74) is 9.69. The van der Waals surface area contributed by atoms with E-state index in [1.165, 1.54) is 0 Å². The zero-order valence-electron chi connectivity index (χ0n) is 15.2. The van der Waals surface area contributed by atoms with E-state index in [1.807, 2.05) is 19.9 Å². The van der Waals surface area contributed by atoms with Crippen LogP contribution in [0.5, 0.6) is 0 Å². The number of carboxylic acid groups (broad SMARTS) is 2. The Morgan fingerprint density at radius 1 is 1.11 bits per heavy atom. The number of carboxylic acids is 2. The van der Waals surface area contributed by atoms with Gasteiger partial charge in [-0.1, -0.05) is 12.1 Å². The van der Waals surface area contributed by atoms with Crippen LogP contribution in [0.15, 0.2) is 36.4 Å². The van der Waals surface area contributed by atoms with Crippen LogP contribution >= 0.6 is 0 Å². The van der Waals surface area contributed by atoms with E-state index < -0.39 is 18.0 Å². The third-order valence-electron chi connectivity index (χ3n) is 4.43. The largest absolute Gasteiger partial charge is 0.481 e. The molecular formula is C20H23N3O4. The Kier molecular flexibility index (Phi) is 6.18. The maximum atomic E-state index is 11.9. The molecule has 0 saturated heterocycles. The number of nitrogen functional groups attached to an aromatic ring is 1. The molecule has 1 unspecified atom stereocenters. The lowest BCUT2D eigenvalue weighted by Gasteiger charge is -2.21. The molecule has 6 N–H and O–H groups in total. The van der Waals surface area contributed by atoms with Crippen molar-refractivity contribution < 1.29 is 19.8 Å². The lowest BCUT2D eigenvalue weighted by molar-refractivity contribution is -0.138. The molecule has 2 aromatic rings. The highest BCUT2D eigenvalue weighted by Crippen LogP contribution is 2.27. The molecule has 0 aromatic heterocycles. The zero-order valence-corrected chi connectivity index (χ0v) is 15.2. The van der Waals surface area contributed by atoms with Crippen LogP contribution in [0.1, 0.15) is 40.3 Å².